The number of nitrogens with zero attached hydrogens (tertiary/aromatic N) is 1. The van der Waals surface area contributed by atoms with Crippen LogP contribution in [0.15, 0.2) is 29.2 Å². The first-order valence-electron chi connectivity index (χ1n) is 8.92. The molecule has 146 valence electrons. The van der Waals surface area contributed by atoms with Gasteiger partial charge in [0.25, 0.3) is 5.91 Å². The number of rotatable bonds is 5. The Labute approximate surface area is 162 Å². The maximum absolute atomic E-state index is 12.5. The Hall–Kier alpha value is -1.15. The van der Waals surface area contributed by atoms with Gasteiger partial charge >= 0.3 is 0 Å². The second-order valence-electron chi connectivity index (χ2n) is 7.42. The predicted molar refractivity (Wildman–Crippen MR) is 104 cm³/mol. The highest BCUT2D eigenvalue weighted by atomic mass is 35.5. The molecule has 0 radical (unpaired) electrons. The van der Waals surface area contributed by atoms with Crippen molar-refractivity contribution in [2.75, 3.05) is 7.05 Å². The molecule has 1 aromatic carbocycles. The molecule has 2 saturated heterocycles. The van der Waals surface area contributed by atoms with E-state index < -0.39 is 10.0 Å². The van der Waals surface area contributed by atoms with Crippen molar-refractivity contribution in [3.05, 3.63) is 29.8 Å². The third-order valence-electron chi connectivity index (χ3n) is 5.33. The number of amides is 1. The van der Waals surface area contributed by atoms with E-state index in [1.807, 2.05) is 13.8 Å². The number of hydrogen-bond donors (Lipinski definition) is 2. The number of hydrogen-bond acceptors (Lipinski definition) is 4. The average Bonchev–Trinajstić information content (AvgIpc) is 2.92. The van der Waals surface area contributed by atoms with Crippen molar-refractivity contribution in [3.63, 3.8) is 0 Å². The summed E-state index contributed by atoms with van der Waals surface area (Å²) in [4.78, 5) is 12.7. The number of piperidine rings is 1. The molecule has 2 heterocycles. The molecule has 2 atom stereocenters. The molecule has 26 heavy (non-hydrogen) atoms. The van der Waals surface area contributed by atoms with Gasteiger partial charge in [-0.05, 0) is 63.8 Å². The quantitative estimate of drug-likeness (QED) is 0.792. The van der Waals surface area contributed by atoms with Crippen LogP contribution in [0, 0.1) is 0 Å². The number of benzene rings is 1. The van der Waals surface area contributed by atoms with E-state index in [9.17, 15) is 13.2 Å². The first-order valence-corrected chi connectivity index (χ1v) is 10.4. The van der Waals surface area contributed by atoms with Gasteiger partial charge in [-0.25, -0.2) is 8.42 Å². The zero-order chi connectivity index (χ0) is 18.2. The molecule has 2 bridgehead atoms. The van der Waals surface area contributed by atoms with Gasteiger partial charge in [0, 0.05) is 36.8 Å². The van der Waals surface area contributed by atoms with Crippen LogP contribution in [-0.2, 0) is 10.0 Å². The van der Waals surface area contributed by atoms with E-state index in [1.54, 1.807) is 19.2 Å². The molecule has 0 aliphatic carbocycles. The van der Waals surface area contributed by atoms with Gasteiger partial charge in [0.15, 0.2) is 0 Å². The predicted octanol–water partition coefficient (Wildman–Crippen LogP) is 2.15. The Morgan fingerprint density at radius 2 is 1.69 bits per heavy atom. The van der Waals surface area contributed by atoms with Crippen LogP contribution in [0.3, 0.4) is 0 Å². The minimum atomic E-state index is -3.52. The fourth-order valence-corrected chi connectivity index (χ4v) is 5.03. The van der Waals surface area contributed by atoms with Gasteiger partial charge in [-0.1, -0.05) is 0 Å². The highest BCUT2D eigenvalue weighted by Gasteiger charge is 2.34. The molecule has 0 aromatic heterocycles. The molecule has 3 rings (SSSR count). The summed E-state index contributed by atoms with van der Waals surface area (Å²) in [7, 11) is -1.96. The van der Waals surface area contributed by atoms with E-state index in [0.29, 0.717) is 17.6 Å². The minimum Gasteiger partial charge on any atom is -0.349 e. The molecule has 0 saturated carbocycles. The van der Waals surface area contributed by atoms with Crippen LogP contribution in [0.5, 0.6) is 0 Å². The molecular weight excluding hydrogens is 374 g/mol. The molecule has 2 N–H and O–H groups in total. The van der Waals surface area contributed by atoms with E-state index in [0.717, 1.165) is 12.8 Å². The van der Waals surface area contributed by atoms with Crippen LogP contribution in [-0.4, -0.2) is 49.8 Å². The van der Waals surface area contributed by atoms with E-state index >= 15 is 0 Å². The van der Waals surface area contributed by atoms with Crippen molar-refractivity contribution < 1.29 is 13.2 Å². The molecule has 2 aliphatic rings. The smallest absolute Gasteiger partial charge is 0.251 e. The van der Waals surface area contributed by atoms with Crippen LogP contribution in [0.4, 0.5) is 0 Å². The van der Waals surface area contributed by atoms with E-state index in [1.165, 1.54) is 29.3 Å². The summed E-state index contributed by atoms with van der Waals surface area (Å²) in [6.07, 6.45) is 4.31. The number of nitrogens with one attached hydrogen (secondary N) is 2. The van der Waals surface area contributed by atoms with Crippen molar-refractivity contribution in [1.29, 1.82) is 0 Å². The van der Waals surface area contributed by atoms with Crippen LogP contribution < -0.4 is 10.6 Å². The number of carbonyl (C=O) groups excluding carboxylic acids is 1. The summed E-state index contributed by atoms with van der Waals surface area (Å²) in [6, 6.07) is 7.30. The Morgan fingerprint density at radius 3 is 2.19 bits per heavy atom. The van der Waals surface area contributed by atoms with Gasteiger partial charge in [0.2, 0.25) is 10.0 Å². The molecular formula is C18H28ClN3O3S. The Kier molecular flexibility index (Phi) is 6.71. The first-order chi connectivity index (χ1) is 11.8. The Balaban J connectivity index is 0.00000243. The minimum absolute atomic E-state index is 0. The summed E-state index contributed by atoms with van der Waals surface area (Å²) in [5.41, 5.74) is 0.497. The number of fused-ring (bicyclic) bond motifs is 2. The average molecular weight is 402 g/mol. The molecule has 6 nitrogen and oxygen atoms in total. The fourth-order valence-electron chi connectivity index (χ4n) is 3.67. The molecule has 2 aliphatic heterocycles. The molecule has 0 spiro atoms. The van der Waals surface area contributed by atoms with Crippen molar-refractivity contribution in [1.82, 2.24) is 14.9 Å². The highest BCUT2D eigenvalue weighted by Crippen LogP contribution is 2.27. The van der Waals surface area contributed by atoms with Gasteiger partial charge in [-0.3, -0.25) is 4.79 Å². The summed E-state index contributed by atoms with van der Waals surface area (Å²) < 4.78 is 26.3. The summed E-state index contributed by atoms with van der Waals surface area (Å²) in [5, 5.41) is 6.65. The number of halogens is 1. The summed E-state index contributed by atoms with van der Waals surface area (Å²) in [5.74, 6) is -0.132. The maximum Gasteiger partial charge on any atom is 0.251 e. The first kappa shape index (κ1) is 21.2. The summed E-state index contributed by atoms with van der Waals surface area (Å²) in [6.45, 7) is 3.65. The SMILES string of the molecule is CC(C)N(C)S(=O)(=O)c1ccc(C(=O)NC2CC3CCC(C2)N3)cc1.Cl. The summed E-state index contributed by atoms with van der Waals surface area (Å²) >= 11 is 0. The van der Waals surface area contributed by atoms with Crippen molar-refractivity contribution in [2.24, 2.45) is 0 Å². The normalized spacial score (nSPS) is 25.2. The van der Waals surface area contributed by atoms with Crippen LogP contribution in [0.25, 0.3) is 0 Å². The zero-order valence-electron chi connectivity index (χ0n) is 15.4. The number of carbonyl (C=O) groups is 1. The van der Waals surface area contributed by atoms with Crippen LogP contribution in [0.2, 0.25) is 0 Å². The van der Waals surface area contributed by atoms with E-state index in [4.69, 9.17) is 0 Å². The van der Waals surface area contributed by atoms with Crippen molar-refractivity contribution >= 4 is 28.3 Å². The topological polar surface area (TPSA) is 78.5 Å². The molecule has 2 unspecified atom stereocenters. The van der Waals surface area contributed by atoms with E-state index in [2.05, 4.69) is 10.6 Å². The lowest BCUT2D eigenvalue weighted by Gasteiger charge is -2.29. The Morgan fingerprint density at radius 1 is 1.15 bits per heavy atom. The second-order valence-corrected chi connectivity index (χ2v) is 9.42. The molecule has 1 amide bonds. The van der Waals surface area contributed by atoms with Crippen LogP contribution >= 0.6 is 12.4 Å². The number of sulfonamides is 1. The third-order valence-corrected chi connectivity index (χ3v) is 7.38. The van der Waals surface area contributed by atoms with Gasteiger partial charge in [0.05, 0.1) is 4.90 Å². The highest BCUT2D eigenvalue weighted by molar-refractivity contribution is 7.89. The van der Waals surface area contributed by atoms with Crippen molar-refractivity contribution in [3.8, 4) is 0 Å². The van der Waals surface area contributed by atoms with Crippen LogP contribution in [0.1, 0.15) is 49.9 Å². The molecule has 8 heteroatoms. The largest absolute Gasteiger partial charge is 0.349 e. The van der Waals surface area contributed by atoms with Gasteiger partial charge in [-0.15, -0.1) is 12.4 Å². The van der Waals surface area contributed by atoms with Gasteiger partial charge < -0.3 is 10.6 Å². The molecule has 2 fully saturated rings. The lowest BCUT2D eigenvalue weighted by Crippen LogP contribution is -2.48. The third kappa shape index (κ3) is 4.39. The standard InChI is InChI=1S/C18H27N3O3S.ClH/c1-12(2)21(3)25(23,24)17-8-4-13(5-9-17)18(22)20-16-10-14-6-7-15(11-16)19-14;/h4-5,8-9,12,14-16,19H,6-7,10-11H2,1-3H3,(H,20,22);1H. The van der Waals surface area contributed by atoms with Gasteiger partial charge in [0.1, 0.15) is 0 Å². The maximum atomic E-state index is 12.5. The van der Waals surface area contributed by atoms with E-state index in [-0.39, 0.29) is 35.3 Å². The lowest BCUT2D eigenvalue weighted by atomic mass is 9.99. The monoisotopic (exact) mass is 401 g/mol. The lowest BCUT2D eigenvalue weighted by molar-refractivity contribution is 0.0924. The zero-order valence-corrected chi connectivity index (χ0v) is 17.1. The molecule has 1 aromatic rings. The second kappa shape index (κ2) is 8.25. The Bertz CT molecular complexity index is 725. The fraction of sp³-hybridized carbons (Fsp3) is 0.611. The van der Waals surface area contributed by atoms with Crippen molar-refractivity contribution in [2.45, 2.75) is 68.6 Å². The van der Waals surface area contributed by atoms with Gasteiger partial charge in [-0.2, -0.15) is 4.31 Å².